The maximum atomic E-state index is 13.6. The summed E-state index contributed by atoms with van der Waals surface area (Å²) in [4.78, 5) is 4.76. The molecule has 0 spiro atoms. The summed E-state index contributed by atoms with van der Waals surface area (Å²) in [7, 11) is -3.76. The average molecular weight is 464 g/mol. The van der Waals surface area contributed by atoms with Gasteiger partial charge in [0, 0.05) is 18.9 Å². The van der Waals surface area contributed by atoms with Gasteiger partial charge in [-0.2, -0.15) is 4.31 Å². The van der Waals surface area contributed by atoms with E-state index in [2.05, 4.69) is 37.9 Å². The van der Waals surface area contributed by atoms with E-state index in [0.717, 1.165) is 5.56 Å². The van der Waals surface area contributed by atoms with Crippen molar-refractivity contribution in [3.05, 3.63) is 107 Å². The topological polar surface area (TPSA) is 68.3 Å². The molecule has 0 unspecified atom stereocenters. The standard InChI is InChI=1S/C26H29N3O3S/c1-19-7-9-24(10-8-19)33(30,31)29(16-23-6-5-13-32-23)18-26-27-11-12-28(26)17-25-21(3)14-20(2)15-22(25)4/h5-15H,16-18H2,1-4H3. The van der Waals surface area contributed by atoms with E-state index in [0.29, 0.717) is 18.1 Å². The Labute approximate surface area is 195 Å². The van der Waals surface area contributed by atoms with Gasteiger partial charge in [0.05, 0.1) is 24.2 Å². The molecule has 172 valence electrons. The van der Waals surface area contributed by atoms with Gasteiger partial charge in [-0.3, -0.25) is 0 Å². The highest BCUT2D eigenvalue weighted by Crippen LogP contribution is 2.23. The summed E-state index contributed by atoms with van der Waals surface area (Å²) in [6.07, 6.45) is 5.17. The van der Waals surface area contributed by atoms with Crippen LogP contribution >= 0.6 is 0 Å². The molecule has 6 nitrogen and oxygen atoms in total. The first-order chi connectivity index (χ1) is 15.7. The Kier molecular flexibility index (Phi) is 6.54. The zero-order valence-electron chi connectivity index (χ0n) is 19.4. The van der Waals surface area contributed by atoms with Crippen LogP contribution in [0.25, 0.3) is 0 Å². The summed E-state index contributed by atoms with van der Waals surface area (Å²) >= 11 is 0. The molecule has 0 aliphatic rings. The lowest BCUT2D eigenvalue weighted by atomic mass is 10.00. The van der Waals surface area contributed by atoms with Gasteiger partial charge in [-0.05, 0) is 68.7 Å². The highest BCUT2D eigenvalue weighted by atomic mass is 32.2. The highest BCUT2D eigenvalue weighted by Gasteiger charge is 2.27. The molecule has 0 bridgehead atoms. The quantitative estimate of drug-likeness (QED) is 0.362. The number of rotatable bonds is 8. The van der Waals surface area contributed by atoms with Gasteiger partial charge < -0.3 is 8.98 Å². The molecule has 2 aromatic carbocycles. The van der Waals surface area contributed by atoms with Crippen molar-refractivity contribution in [3.8, 4) is 0 Å². The number of nitrogens with zero attached hydrogens (tertiary/aromatic N) is 3. The minimum atomic E-state index is -3.76. The summed E-state index contributed by atoms with van der Waals surface area (Å²) in [6.45, 7) is 9.13. The van der Waals surface area contributed by atoms with Gasteiger partial charge in [0.1, 0.15) is 11.6 Å². The van der Waals surface area contributed by atoms with E-state index in [1.165, 1.54) is 26.6 Å². The van der Waals surface area contributed by atoms with Crippen molar-refractivity contribution in [2.75, 3.05) is 0 Å². The largest absolute Gasteiger partial charge is 0.468 e. The van der Waals surface area contributed by atoms with Crippen LogP contribution in [0.2, 0.25) is 0 Å². The fraction of sp³-hybridized carbons (Fsp3) is 0.269. The second-order valence-electron chi connectivity index (χ2n) is 8.51. The van der Waals surface area contributed by atoms with Gasteiger partial charge in [0.15, 0.2) is 0 Å². The Balaban J connectivity index is 1.67. The third-order valence-electron chi connectivity index (χ3n) is 5.86. The molecule has 0 fully saturated rings. The minimum absolute atomic E-state index is 0.124. The van der Waals surface area contributed by atoms with Crippen LogP contribution in [0.15, 0.2) is 76.5 Å². The predicted molar refractivity (Wildman–Crippen MR) is 128 cm³/mol. The van der Waals surface area contributed by atoms with Crippen molar-refractivity contribution in [1.29, 1.82) is 0 Å². The highest BCUT2D eigenvalue weighted by molar-refractivity contribution is 7.89. The zero-order valence-corrected chi connectivity index (χ0v) is 20.3. The van der Waals surface area contributed by atoms with E-state index >= 15 is 0 Å². The lowest BCUT2D eigenvalue weighted by Crippen LogP contribution is -2.31. The Hall–Kier alpha value is -3.16. The van der Waals surface area contributed by atoms with Crippen LogP contribution in [0.1, 0.15) is 39.4 Å². The number of sulfonamides is 1. The van der Waals surface area contributed by atoms with Crippen molar-refractivity contribution in [3.63, 3.8) is 0 Å². The van der Waals surface area contributed by atoms with Crippen LogP contribution in [0.3, 0.4) is 0 Å². The fourth-order valence-electron chi connectivity index (χ4n) is 4.08. The van der Waals surface area contributed by atoms with E-state index in [4.69, 9.17) is 4.42 Å². The predicted octanol–water partition coefficient (Wildman–Crippen LogP) is 5.15. The first kappa shape index (κ1) is 23.0. The molecule has 0 aliphatic carbocycles. The second-order valence-corrected chi connectivity index (χ2v) is 10.5. The molecular formula is C26H29N3O3S. The number of hydrogen-bond donors (Lipinski definition) is 0. The van der Waals surface area contributed by atoms with Gasteiger partial charge in [0.25, 0.3) is 0 Å². The number of hydrogen-bond acceptors (Lipinski definition) is 4. The summed E-state index contributed by atoms with van der Waals surface area (Å²) in [5, 5.41) is 0. The second kappa shape index (κ2) is 9.37. The minimum Gasteiger partial charge on any atom is -0.468 e. The van der Waals surface area contributed by atoms with E-state index < -0.39 is 10.0 Å². The third-order valence-corrected chi connectivity index (χ3v) is 7.67. The number of aromatic nitrogens is 2. The smallest absolute Gasteiger partial charge is 0.243 e. The van der Waals surface area contributed by atoms with E-state index in [1.54, 1.807) is 36.7 Å². The van der Waals surface area contributed by atoms with Gasteiger partial charge >= 0.3 is 0 Å². The maximum absolute atomic E-state index is 13.6. The molecule has 2 aromatic heterocycles. The zero-order chi connectivity index (χ0) is 23.6. The molecule has 0 saturated heterocycles. The summed E-state index contributed by atoms with van der Waals surface area (Å²) < 4.78 is 36.0. The molecule has 7 heteroatoms. The molecule has 2 heterocycles. The Bertz CT molecular complexity index is 1310. The van der Waals surface area contributed by atoms with Crippen molar-refractivity contribution in [2.45, 2.75) is 52.2 Å². The molecule has 33 heavy (non-hydrogen) atoms. The normalized spacial score (nSPS) is 11.9. The molecule has 0 radical (unpaired) electrons. The lowest BCUT2D eigenvalue weighted by Gasteiger charge is -2.22. The summed E-state index contributed by atoms with van der Waals surface area (Å²) in [5.41, 5.74) is 5.89. The lowest BCUT2D eigenvalue weighted by molar-refractivity contribution is 0.348. The number of imidazole rings is 1. The number of benzene rings is 2. The van der Waals surface area contributed by atoms with Crippen LogP contribution in [-0.4, -0.2) is 22.3 Å². The first-order valence-electron chi connectivity index (χ1n) is 10.9. The van der Waals surface area contributed by atoms with Gasteiger partial charge in [-0.15, -0.1) is 0 Å². The molecule has 4 aromatic rings. The Morgan fingerprint density at radius 1 is 0.939 bits per heavy atom. The molecule has 0 aliphatic heterocycles. The van der Waals surface area contributed by atoms with Gasteiger partial charge in [-0.1, -0.05) is 35.4 Å². The first-order valence-corrected chi connectivity index (χ1v) is 12.3. The van der Waals surface area contributed by atoms with E-state index in [-0.39, 0.29) is 18.0 Å². The molecule has 0 N–H and O–H groups in total. The SMILES string of the molecule is Cc1ccc(S(=O)(=O)N(Cc2ccco2)Cc2nccn2Cc2c(C)cc(C)cc2C)cc1. The maximum Gasteiger partial charge on any atom is 0.243 e. The molecule has 0 amide bonds. The van der Waals surface area contributed by atoms with Crippen molar-refractivity contribution in [2.24, 2.45) is 0 Å². The van der Waals surface area contributed by atoms with E-state index in [1.807, 2.05) is 29.8 Å². The van der Waals surface area contributed by atoms with E-state index in [9.17, 15) is 8.42 Å². The van der Waals surface area contributed by atoms with Crippen molar-refractivity contribution in [1.82, 2.24) is 13.9 Å². The van der Waals surface area contributed by atoms with Gasteiger partial charge in [0.2, 0.25) is 10.0 Å². The number of aryl methyl sites for hydroxylation is 4. The van der Waals surface area contributed by atoms with Crippen LogP contribution in [0.5, 0.6) is 0 Å². The monoisotopic (exact) mass is 463 g/mol. The molecule has 0 saturated carbocycles. The fourth-order valence-corrected chi connectivity index (χ4v) is 5.45. The number of furan rings is 1. The molecule has 4 rings (SSSR count). The van der Waals surface area contributed by atoms with Crippen LogP contribution < -0.4 is 0 Å². The van der Waals surface area contributed by atoms with Crippen LogP contribution in [-0.2, 0) is 29.7 Å². The third kappa shape index (κ3) is 5.10. The van der Waals surface area contributed by atoms with Gasteiger partial charge in [-0.25, -0.2) is 13.4 Å². The summed E-state index contributed by atoms with van der Waals surface area (Å²) in [6, 6.07) is 14.8. The summed E-state index contributed by atoms with van der Waals surface area (Å²) in [5.74, 6) is 1.26. The Morgan fingerprint density at radius 3 is 2.27 bits per heavy atom. The average Bonchev–Trinajstić information content (AvgIpc) is 3.42. The van der Waals surface area contributed by atoms with Crippen molar-refractivity contribution >= 4 is 10.0 Å². The molecule has 0 atom stereocenters. The Morgan fingerprint density at radius 2 is 1.64 bits per heavy atom. The van der Waals surface area contributed by atoms with Crippen LogP contribution in [0, 0.1) is 27.7 Å². The van der Waals surface area contributed by atoms with Crippen molar-refractivity contribution < 1.29 is 12.8 Å². The van der Waals surface area contributed by atoms with Crippen LogP contribution in [0.4, 0.5) is 0 Å². The molecular weight excluding hydrogens is 434 g/mol.